The summed E-state index contributed by atoms with van der Waals surface area (Å²) in [5.74, 6) is 0. The summed E-state index contributed by atoms with van der Waals surface area (Å²) in [7, 11) is 0. The van der Waals surface area contributed by atoms with Crippen LogP contribution in [0.4, 0.5) is 0 Å². The molecule has 5 heteroatoms. The zero-order chi connectivity index (χ0) is 0. The molecule has 0 N–H and O–H groups in total. The minimum atomic E-state index is 0. The van der Waals surface area contributed by atoms with Crippen molar-refractivity contribution in [3.05, 3.63) is 0 Å². The maximum Gasteiger partial charge on any atom is 0 e. The van der Waals surface area contributed by atoms with Crippen LogP contribution in [0.3, 0.4) is 0 Å². The quantitative estimate of drug-likeness (QED) is 0.326. The van der Waals surface area contributed by atoms with Gasteiger partial charge >= 0.3 is 73.2 Å². The SMILES string of the molecule is [AlH3].[BiH3].[MgH2].[SnH2].[Zn]. The molecular formula is H10AlBiMgSnZn. The van der Waals surface area contributed by atoms with Crippen molar-refractivity contribution in [2.24, 2.45) is 0 Å². The average Bonchev–Trinajstić information content (AvgIpc) is 0. The third-order valence-electron chi connectivity index (χ3n) is 0. The smallest absolute Gasteiger partial charge is 0 e. The molecule has 0 aliphatic carbocycles. The first-order valence-electron chi connectivity index (χ1n) is 0. The summed E-state index contributed by atoms with van der Waals surface area (Å²) in [6.07, 6.45) is 0. The predicted molar refractivity (Wildman–Crippen MR) is 37.0 cm³/mol. The van der Waals surface area contributed by atoms with Crippen molar-refractivity contribution in [2.75, 3.05) is 0 Å². The molecule has 0 spiro atoms. The Balaban J connectivity index is 0. The van der Waals surface area contributed by atoms with Crippen molar-refractivity contribution < 1.29 is 19.5 Å². The van der Waals surface area contributed by atoms with E-state index in [9.17, 15) is 0 Å². The van der Waals surface area contributed by atoms with E-state index < -0.39 is 0 Å². The fourth-order valence-electron chi connectivity index (χ4n) is 0. The third-order valence-corrected chi connectivity index (χ3v) is 0. The molecule has 2 radical (unpaired) electrons. The van der Waals surface area contributed by atoms with Crippen molar-refractivity contribution in [1.29, 1.82) is 0 Å². The van der Waals surface area contributed by atoms with Gasteiger partial charge in [0.2, 0.25) is 0 Å². The van der Waals surface area contributed by atoms with Crippen LogP contribution in [0.5, 0.6) is 0 Å². The molecule has 0 aromatic carbocycles. The molecule has 0 nitrogen and oxygen atoms in total. The van der Waals surface area contributed by atoms with Gasteiger partial charge in [-0.2, -0.15) is 0 Å². The molecular weight excluding hydrogens is 444 g/mol. The summed E-state index contributed by atoms with van der Waals surface area (Å²) in [5, 5.41) is 0. The predicted octanol–water partition coefficient (Wildman–Crippen LogP) is -4.20. The first-order valence-corrected chi connectivity index (χ1v) is 0. The molecule has 0 saturated heterocycles. The Hall–Kier alpha value is 3.60. The van der Waals surface area contributed by atoms with Crippen LogP contribution in [0, 0.1) is 0 Å². The Morgan fingerprint density at radius 1 is 1.00 bits per heavy atom. The summed E-state index contributed by atoms with van der Waals surface area (Å²) < 4.78 is 0. The van der Waals surface area contributed by atoms with Crippen LogP contribution in [-0.2, 0) is 19.5 Å². The van der Waals surface area contributed by atoms with Crippen LogP contribution in [-0.4, -0.2) is 90.5 Å². The minimum Gasteiger partial charge on any atom is 0 e. The van der Waals surface area contributed by atoms with Gasteiger partial charge in [-0.1, -0.05) is 0 Å². The second kappa shape index (κ2) is 25.5. The van der Waals surface area contributed by atoms with Gasteiger partial charge in [-0.25, -0.2) is 0 Å². The van der Waals surface area contributed by atoms with E-state index in [1.165, 1.54) is 0 Å². The van der Waals surface area contributed by atoms with E-state index in [0.29, 0.717) is 0 Å². The molecule has 0 bridgehead atoms. The van der Waals surface area contributed by atoms with E-state index in [-0.39, 0.29) is 110 Å². The molecule has 0 aliphatic heterocycles. The van der Waals surface area contributed by atoms with Crippen molar-refractivity contribution in [3.63, 3.8) is 0 Å². The van der Waals surface area contributed by atoms with E-state index in [0.717, 1.165) is 0 Å². The van der Waals surface area contributed by atoms with Crippen molar-refractivity contribution >= 4 is 90.5 Å². The van der Waals surface area contributed by atoms with E-state index in [1.807, 2.05) is 0 Å². The molecule has 0 aromatic heterocycles. The Morgan fingerprint density at radius 3 is 1.00 bits per heavy atom. The van der Waals surface area contributed by atoms with Crippen molar-refractivity contribution in [3.8, 4) is 0 Å². The zero-order valence-electron chi connectivity index (χ0n) is 2.12. The second-order valence-corrected chi connectivity index (χ2v) is 0. The Morgan fingerprint density at radius 2 is 1.00 bits per heavy atom. The standard InChI is InChI=1S/Al.Bi.Mg.Sn.Zn.10H. The second-order valence-electron chi connectivity index (χ2n) is 0. The van der Waals surface area contributed by atoms with Crippen LogP contribution in [0.1, 0.15) is 0 Å². The molecule has 26 valence electrons. The molecule has 0 aliphatic rings. The Labute approximate surface area is 108 Å². The molecule has 0 saturated carbocycles. The monoisotopic (exact) mass is 454 g/mol. The Bertz CT molecular complexity index is 11.6. The van der Waals surface area contributed by atoms with Crippen molar-refractivity contribution in [1.82, 2.24) is 0 Å². The van der Waals surface area contributed by atoms with Gasteiger partial charge in [-0.05, 0) is 0 Å². The van der Waals surface area contributed by atoms with Gasteiger partial charge in [0.25, 0.3) is 0 Å². The summed E-state index contributed by atoms with van der Waals surface area (Å²) in [4.78, 5) is 0. The van der Waals surface area contributed by atoms with Gasteiger partial charge in [0.15, 0.2) is 17.4 Å². The van der Waals surface area contributed by atoms with Gasteiger partial charge in [0.1, 0.15) is 0 Å². The van der Waals surface area contributed by atoms with E-state index in [1.54, 1.807) is 0 Å². The van der Waals surface area contributed by atoms with Crippen LogP contribution in [0.2, 0.25) is 0 Å². The van der Waals surface area contributed by atoms with Gasteiger partial charge in [-0.15, -0.1) is 0 Å². The third kappa shape index (κ3) is 18.4. The molecule has 5 heavy (non-hydrogen) atoms. The van der Waals surface area contributed by atoms with Crippen LogP contribution in [0.15, 0.2) is 0 Å². The topological polar surface area (TPSA) is 0 Å². The number of rotatable bonds is 0. The zero-order valence-corrected chi connectivity index (χ0v) is 14.6. The molecule has 0 amide bonds. The fourth-order valence-corrected chi connectivity index (χ4v) is 0. The maximum atomic E-state index is 0. The maximum absolute atomic E-state index is 0. The fraction of sp³-hybridized carbons (Fsp3) is 0. The summed E-state index contributed by atoms with van der Waals surface area (Å²) in [6, 6.07) is 0. The largest absolute Gasteiger partial charge is 0 e. The molecule has 0 unspecified atom stereocenters. The first kappa shape index (κ1) is 38.3. The summed E-state index contributed by atoms with van der Waals surface area (Å²) >= 11 is 0. The number of hydrogen-bond donors (Lipinski definition) is 0. The van der Waals surface area contributed by atoms with Gasteiger partial charge in [0, 0.05) is 19.5 Å². The summed E-state index contributed by atoms with van der Waals surface area (Å²) in [5.41, 5.74) is 0. The normalized spacial score (nSPS) is 0. The van der Waals surface area contributed by atoms with E-state index in [2.05, 4.69) is 0 Å². The molecule has 0 heterocycles. The average molecular weight is 454 g/mol. The molecule has 0 fully saturated rings. The first-order chi connectivity index (χ1) is 0. The Kier molecular flexibility index (Phi) is 196. The summed E-state index contributed by atoms with van der Waals surface area (Å²) in [6.45, 7) is 0. The minimum absolute atomic E-state index is 0. The van der Waals surface area contributed by atoms with Crippen LogP contribution >= 0.6 is 0 Å². The van der Waals surface area contributed by atoms with Gasteiger partial charge in [0.05, 0.1) is 0 Å². The van der Waals surface area contributed by atoms with Gasteiger partial charge < -0.3 is 0 Å². The number of hydrogen-bond acceptors (Lipinski definition) is 0. The van der Waals surface area contributed by atoms with Crippen LogP contribution in [0.25, 0.3) is 0 Å². The van der Waals surface area contributed by atoms with Crippen molar-refractivity contribution in [2.45, 2.75) is 0 Å². The van der Waals surface area contributed by atoms with Crippen LogP contribution < -0.4 is 0 Å². The van der Waals surface area contributed by atoms with E-state index >= 15 is 0 Å². The molecule has 0 rings (SSSR count). The van der Waals surface area contributed by atoms with E-state index in [4.69, 9.17) is 0 Å². The van der Waals surface area contributed by atoms with Gasteiger partial charge in [-0.3, -0.25) is 0 Å². The molecule has 0 aromatic rings. The molecule has 0 atom stereocenters.